The van der Waals surface area contributed by atoms with Crippen LogP contribution in [0.25, 0.3) is 0 Å². The lowest BCUT2D eigenvalue weighted by Crippen LogP contribution is -2.26. The van der Waals surface area contributed by atoms with Gasteiger partial charge in [-0.15, -0.1) is 0 Å². The minimum atomic E-state index is -0.272. The molecular formula is C14H21O4S+. The summed E-state index contributed by atoms with van der Waals surface area (Å²) in [6.07, 6.45) is 0. The molecule has 0 unspecified atom stereocenters. The first-order chi connectivity index (χ1) is 9.22. The number of ether oxygens (including phenoxy) is 1. The lowest BCUT2D eigenvalue weighted by molar-refractivity contribution is 0.101. The van der Waals surface area contributed by atoms with Crippen LogP contribution in [0.5, 0.6) is 5.75 Å². The smallest absolute Gasteiger partial charge is 0.215 e. The Hall–Kier alpha value is -1.04. The first-order valence-corrected chi connectivity index (χ1v) is 8.07. The summed E-state index contributed by atoms with van der Waals surface area (Å²) in [5.41, 5.74) is 0.581. The van der Waals surface area contributed by atoms with Gasteiger partial charge in [0.25, 0.3) is 0 Å². The van der Waals surface area contributed by atoms with Crippen molar-refractivity contribution >= 4 is 16.7 Å². The number of ketones is 1. The fraction of sp³-hybridized carbons (Fsp3) is 0.500. The molecule has 0 spiro atoms. The van der Waals surface area contributed by atoms with Crippen LogP contribution in [0.3, 0.4) is 0 Å². The molecule has 0 heterocycles. The Kier molecular flexibility index (Phi) is 7.55. The highest BCUT2D eigenvalue weighted by Crippen LogP contribution is 2.19. The van der Waals surface area contributed by atoms with Crippen molar-refractivity contribution < 1.29 is 19.7 Å². The van der Waals surface area contributed by atoms with Gasteiger partial charge in [-0.3, -0.25) is 4.79 Å². The molecule has 5 heteroatoms. The van der Waals surface area contributed by atoms with E-state index in [1.54, 1.807) is 12.1 Å². The molecule has 106 valence electrons. The van der Waals surface area contributed by atoms with Crippen molar-refractivity contribution in [2.45, 2.75) is 6.92 Å². The second-order valence-corrected chi connectivity index (χ2v) is 6.29. The largest absolute Gasteiger partial charge is 0.493 e. The summed E-state index contributed by atoms with van der Waals surface area (Å²) in [4.78, 5) is 12.3. The Morgan fingerprint density at radius 2 is 1.84 bits per heavy atom. The van der Waals surface area contributed by atoms with E-state index in [4.69, 9.17) is 14.9 Å². The molecule has 0 aliphatic heterocycles. The highest BCUT2D eigenvalue weighted by atomic mass is 32.2. The van der Waals surface area contributed by atoms with Gasteiger partial charge < -0.3 is 14.9 Å². The van der Waals surface area contributed by atoms with E-state index in [0.717, 1.165) is 0 Å². The zero-order valence-corrected chi connectivity index (χ0v) is 12.0. The normalized spacial score (nSPS) is 10.7. The molecule has 0 aliphatic rings. The lowest BCUT2D eigenvalue weighted by Gasteiger charge is -2.10. The third kappa shape index (κ3) is 5.22. The number of hydrogen-bond donors (Lipinski definition) is 2. The van der Waals surface area contributed by atoms with Crippen LogP contribution in [0, 0.1) is 0 Å². The Morgan fingerprint density at radius 3 is 2.42 bits per heavy atom. The van der Waals surface area contributed by atoms with Crippen LogP contribution >= 0.6 is 0 Å². The Morgan fingerprint density at radius 1 is 1.21 bits per heavy atom. The van der Waals surface area contributed by atoms with Crippen molar-refractivity contribution in [2.75, 3.05) is 37.1 Å². The predicted molar refractivity (Wildman–Crippen MR) is 78.1 cm³/mol. The van der Waals surface area contributed by atoms with Gasteiger partial charge in [0, 0.05) is 10.9 Å². The summed E-state index contributed by atoms with van der Waals surface area (Å²) in [5.74, 6) is 2.08. The van der Waals surface area contributed by atoms with E-state index < -0.39 is 0 Å². The average Bonchev–Trinajstić information content (AvgIpc) is 2.40. The van der Waals surface area contributed by atoms with Crippen LogP contribution in [0.4, 0.5) is 0 Å². The van der Waals surface area contributed by atoms with Gasteiger partial charge >= 0.3 is 0 Å². The number of para-hydroxylation sites is 1. The number of Topliss-reactive ketones (excluding diaryl/α,β-unsaturated/α-hetero) is 1. The van der Waals surface area contributed by atoms with E-state index in [1.165, 1.54) is 0 Å². The summed E-state index contributed by atoms with van der Waals surface area (Å²) in [5, 5.41) is 17.9. The molecule has 4 nitrogen and oxygen atoms in total. The number of carbonyl (C=O) groups is 1. The standard InChI is InChI=1S/C14H21O4S/c1-2-18-14-6-4-3-5-12(14)13(17)11-19(9-7-15)10-8-16/h3-6,15-16H,2,7-11H2,1H3/q+1. The Balaban J connectivity index is 2.75. The molecule has 0 aliphatic carbocycles. The summed E-state index contributed by atoms with van der Waals surface area (Å²) in [6.45, 7) is 2.49. The number of carbonyl (C=O) groups excluding carboxylic acids is 1. The summed E-state index contributed by atoms with van der Waals surface area (Å²) >= 11 is 0. The van der Waals surface area contributed by atoms with Crippen LogP contribution in [0.1, 0.15) is 17.3 Å². The van der Waals surface area contributed by atoms with Crippen LogP contribution in [-0.2, 0) is 10.9 Å². The molecule has 0 fully saturated rings. The number of rotatable bonds is 9. The number of hydrogen-bond acceptors (Lipinski definition) is 4. The van der Waals surface area contributed by atoms with Crippen molar-refractivity contribution in [1.82, 2.24) is 0 Å². The lowest BCUT2D eigenvalue weighted by atomic mass is 10.1. The first-order valence-electron chi connectivity index (χ1n) is 6.33. The molecule has 0 saturated heterocycles. The van der Waals surface area contributed by atoms with Crippen molar-refractivity contribution in [3.8, 4) is 5.75 Å². The highest BCUT2D eigenvalue weighted by molar-refractivity contribution is 7.97. The third-order valence-corrected chi connectivity index (χ3v) is 4.77. The van der Waals surface area contributed by atoms with Crippen LogP contribution < -0.4 is 4.74 Å². The third-order valence-electron chi connectivity index (χ3n) is 2.58. The van der Waals surface area contributed by atoms with Gasteiger partial charge in [-0.25, -0.2) is 0 Å². The van der Waals surface area contributed by atoms with Gasteiger partial charge in [0.1, 0.15) is 17.3 Å². The SMILES string of the molecule is CCOc1ccccc1C(=O)C[S+](CCO)CCO. The number of benzene rings is 1. The molecule has 1 rings (SSSR count). The van der Waals surface area contributed by atoms with Crippen LogP contribution in [0.2, 0.25) is 0 Å². The van der Waals surface area contributed by atoms with Gasteiger partial charge in [-0.2, -0.15) is 0 Å². The highest BCUT2D eigenvalue weighted by Gasteiger charge is 2.24. The summed E-state index contributed by atoms with van der Waals surface area (Å²) < 4.78 is 5.44. The summed E-state index contributed by atoms with van der Waals surface area (Å²) in [6, 6.07) is 7.19. The van der Waals surface area contributed by atoms with Gasteiger partial charge in [0.05, 0.1) is 25.4 Å². The molecule has 0 aromatic heterocycles. The summed E-state index contributed by atoms with van der Waals surface area (Å²) in [7, 11) is -0.272. The second-order valence-electron chi connectivity index (χ2n) is 3.96. The molecular weight excluding hydrogens is 264 g/mol. The zero-order chi connectivity index (χ0) is 14.1. The van der Waals surface area contributed by atoms with E-state index in [0.29, 0.717) is 35.2 Å². The fourth-order valence-corrected chi connectivity index (χ4v) is 3.28. The molecule has 2 N–H and O–H groups in total. The molecule has 0 atom stereocenters. The van der Waals surface area contributed by atoms with Crippen molar-refractivity contribution in [2.24, 2.45) is 0 Å². The van der Waals surface area contributed by atoms with Crippen LogP contribution in [0.15, 0.2) is 24.3 Å². The van der Waals surface area contributed by atoms with E-state index in [1.807, 2.05) is 19.1 Å². The van der Waals surface area contributed by atoms with Crippen molar-refractivity contribution in [1.29, 1.82) is 0 Å². The maximum Gasteiger partial charge on any atom is 0.215 e. The van der Waals surface area contributed by atoms with Gasteiger partial charge in [0.15, 0.2) is 5.75 Å². The van der Waals surface area contributed by atoms with E-state index in [9.17, 15) is 4.79 Å². The van der Waals surface area contributed by atoms with E-state index >= 15 is 0 Å². The Labute approximate surface area is 116 Å². The fourth-order valence-electron chi connectivity index (χ4n) is 1.75. The molecule has 0 amide bonds. The number of aliphatic hydroxyl groups is 2. The minimum absolute atomic E-state index is 0.00860. The van der Waals surface area contributed by atoms with E-state index in [2.05, 4.69) is 0 Å². The molecule has 0 bridgehead atoms. The monoisotopic (exact) mass is 285 g/mol. The molecule has 1 aromatic carbocycles. The maximum atomic E-state index is 12.3. The first kappa shape index (κ1) is 16.0. The maximum absolute atomic E-state index is 12.3. The Bertz CT molecular complexity index is 389. The van der Waals surface area contributed by atoms with Crippen molar-refractivity contribution in [3.63, 3.8) is 0 Å². The molecule has 19 heavy (non-hydrogen) atoms. The average molecular weight is 285 g/mol. The predicted octanol–water partition coefficient (Wildman–Crippen LogP) is 0.871. The van der Waals surface area contributed by atoms with Gasteiger partial charge in [-0.05, 0) is 19.1 Å². The zero-order valence-electron chi connectivity index (χ0n) is 11.2. The molecule has 1 aromatic rings. The topological polar surface area (TPSA) is 66.8 Å². The quantitative estimate of drug-likeness (QED) is 0.522. The second kappa shape index (κ2) is 8.96. The minimum Gasteiger partial charge on any atom is -0.493 e. The van der Waals surface area contributed by atoms with E-state index in [-0.39, 0.29) is 29.9 Å². The number of aliphatic hydroxyl groups excluding tert-OH is 2. The van der Waals surface area contributed by atoms with Gasteiger partial charge in [-0.1, -0.05) is 12.1 Å². The van der Waals surface area contributed by atoms with Gasteiger partial charge in [0.2, 0.25) is 5.78 Å². The molecule has 0 saturated carbocycles. The molecule has 0 radical (unpaired) electrons. The van der Waals surface area contributed by atoms with Crippen LogP contribution in [-0.4, -0.2) is 53.1 Å². The van der Waals surface area contributed by atoms with Crippen molar-refractivity contribution in [3.05, 3.63) is 29.8 Å².